The Balaban J connectivity index is 1.44. The summed E-state index contributed by atoms with van der Waals surface area (Å²) in [6.07, 6.45) is 3.51. The van der Waals surface area contributed by atoms with E-state index in [4.69, 9.17) is 16.6 Å². The van der Waals surface area contributed by atoms with Crippen molar-refractivity contribution in [1.29, 1.82) is 0 Å². The number of halogens is 1. The summed E-state index contributed by atoms with van der Waals surface area (Å²) >= 11 is 8.26. The van der Waals surface area contributed by atoms with E-state index in [0.717, 1.165) is 55.6 Å². The van der Waals surface area contributed by atoms with Crippen LogP contribution in [0.5, 0.6) is 0 Å². The van der Waals surface area contributed by atoms with Gasteiger partial charge in [-0.25, -0.2) is 4.98 Å². The van der Waals surface area contributed by atoms with Crippen LogP contribution in [0.2, 0.25) is 5.28 Å². The van der Waals surface area contributed by atoms with Crippen LogP contribution in [0.25, 0.3) is 10.2 Å². The molecule has 1 aromatic carbocycles. The topological polar surface area (TPSA) is 32.3 Å². The van der Waals surface area contributed by atoms with Crippen LogP contribution in [-0.2, 0) is 12.8 Å². The highest BCUT2D eigenvalue weighted by molar-refractivity contribution is 7.19. The molecule has 0 amide bonds. The average Bonchev–Trinajstić information content (AvgIpc) is 3.12. The van der Waals surface area contributed by atoms with Crippen LogP contribution in [0.1, 0.15) is 48.8 Å². The van der Waals surface area contributed by atoms with Crippen molar-refractivity contribution < 1.29 is 0 Å². The lowest BCUT2D eigenvalue weighted by molar-refractivity contribution is 0.218. The molecule has 0 bridgehead atoms. The maximum absolute atomic E-state index is 6.42. The third-order valence-corrected chi connectivity index (χ3v) is 8.90. The van der Waals surface area contributed by atoms with Gasteiger partial charge in [-0.15, -0.1) is 11.3 Å². The average molecular weight is 469 g/mol. The van der Waals surface area contributed by atoms with Gasteiger partial charge in [0.25, 0.3) is 0 Å². The number of nitrogens with zero attached hydrogens (tertiary/aromatic N) is 4. The van der Waals surface area contributed by atoms with Crippen molar-refractivity contribution >= 4 is 44.7 Å². The molecule has 1 aliphatic heterocycles. The van der Waals surface area contributed by atoms with Crippen LogP contribution < -0.4 is 9.80 Å². The summed E-state index contributed by atoms with van der Waals surface area (Å²) in [4.78, 5) is 16.9. The van der Waals surface area contributed by atoms with Gasteiger partial charge in [0.1, 0.15) is 10.6 Å². The second-order valence-electron chi connectivity index (χ2n) is 10.5. The standard InChI is InChI=1S/C26H33ClN4S/c1-16-7-6-8-20(17(16)2)30-11-13-31(14-12-30)23-22-19-10-9-18(26(3,4)5)15-21(19)32-24(22)29-25(27)28-23/h6-8,18H,9-15H2,1-5H3. The van der Waals surface area contributed by atoms with E-state index in [-0.39, 0.29) is 0 Å². The van der Waals surface area contributed by atoms with E-state index in [1.54, 1.807) is 0 Å². The lowest BCUT2D eigenvalue weighted by Gasteiger charge is -2.38. The number of fused-ring (bicyclic) bond motifs is 3. The SMILES string of the molecule is Cc1cccc(N2CCN(c3nc(Cl)nc4sc5c(c34)CCC(C(C)(C)C)C5)CC2)c1C. The molecule has 0 N–H and O–H groups in total. The number of piperazine rings is 1. The second-order valence-corrected chi connectivity index (χ2v) is 11.9. The minimum Gasteiger partial charge on any atom is -0.368 e. The van der Waals surface area contributed by atoms with Crippen LogP contribution >= 0.6 is 22.9 Å². The zero-order chi connectivity index (χ0) is 22.6. The predicted molar refractivity (Wildman–Crippen MR) is 138 cm³/mol. The predicted octanol–water partition coefficient (Wildman–Crippen LogP) is 6.44. The molecule has 1 atom stereocenters. The van der Waals surface area contributed by atoms with Crippen molar-refractivity contribution in [2.45, 2.75) is 53.9 Å². The molecule has 3 heterocycles. The van der Waals surface area contributed by atoms with Crippen molar-refractivity contribution in [3.8, 4) is 0 Å². The second kappa shape index (κ2) is 8.18. The highest BCUT2D eigenvalue weighted by Gasteiger charge is 2.33. The van der Waals surface area contributed by atoms with Crippen molar-refractivity contribution in [2.24, 2.45) is 11.3 Å². The van der Waals surface area contributed by atoms with Crippen molar-refractivity contribution in [3.05, 3.63) is 45.1 Å². The Labute approximate surface area is 200 Å². The van der Waals surface area contributed by atoms with Gasteiger partial charge in [0, 0.05) is 36.7 Å². The number of anilines is 2. The van der Waals surface area contributed by atoms with Crippen molar-refractivity contribution in [3.63, 3.8) is 0 Å². The third-order valence-electron chi connectivity index (χ3n) is 7.58. The van der Waals surface area contributed by atoms with E-state index in [1.807, 2.05) is 11.3 Å². The Bertz CT molecular complexity index is 1150. The number of rotatable bonds is 2. The maximum atomic E-state index is 6.42. The molecule has 170 valence electrons. The quantitative estimate of drug-likeness (QED) is 0.405. The highest BCUT2D eigenvalue weighted by Crippen LogP contribution is 2.45. The monoisotopic (exact) mass is 468 g/mol. The van der Waals surface area contributed by atoms with Gasteiger partial charge >= 0.3 is 0 Å². The van der Waals surface area contributed by atoms with E-state index >= 15 is 0 Å². The van der Waals surface area contributed by atoms with Gasteiger partial charge in [-0.05, 0) is 78.8 Å². The first-order valence-corrected chi connectivity index (χ1v) is 13.0. The molecule has 2 aliphatic rings. The molecule has 6 heteroatoms. The molecule has 0 saturated carbocycles. The molecule has 1 unspecified atom stereocenters. The molecule has 1 fully saturated rings. The molecule has 3 aromatic rings. The summed E-state index contributed by atoms with van der Waals surface area (Å²) in [6.45, 7) is 15.4. The fourth-order valence-corrected chi connectivity index (χ4v) is 6.85. The zero-order valence-electron chi connectivity index (χ0n) is 19.8. The molecule has 5 rings (SSSR count). The Kier molecular flexibility index (Phi) is 5.61. The molecule has 2 aromatic heterocycles. The van der Waals surface area contributed by atoms with E-state index < -0.39 is 0 Å². The fourth-order valence-electron chi connectivity index (χ4n) is 5.34. The maximum Gasteiger partial charge on any atom is 0.225 e. The highest BCUT2D eigenvalue weighted by atomic mass is 35.5. The van der Waals surface area contributed by atoms with Crippen molar-refractivity contribution in [1.82, 2.24) is 9.97 Å². The summed E-state index contributed by atoms with van der Waals surface area (Å²) < 4.78 is 0. The van der Waals surface area contributed by atoms with Gasteiger partial charge in [0.05, 0.1) is 5.39 Å². The first-order valence-electron chi connectivity index (χ1n) is 11.8. The summed E-state index contributed by atoms with van der Waals surface area (Å²) in [5.41, 5.74) is 5.91. The molecule has 0 spiro atoms. The largest absolute Gasteiger partial charge is 0.368 e. The molecule has 1 saturated heterocycles. The van der Waals surface area contributed by atoms with Crippen LogP contribution in [0.4, 0.5) is 11.5 Å². The van der Waals surface area contributed by atoms with Gasteiger partial charge in [-0.2, -0.15) is 4.98 Å². The van der Waals surface area contributed by atoms with E-state index in [0.29, 0.717) is 10.7 Å². The van der Waals surface area contributed by atoms with Crippen LogP contribution in [0.15, 0.2) is 18.2 Å². The third kappa shape index (κ3) is 3.88. The molecular weight excluding hydrogens is 436 g/mol. The Morgan fingerprint density at radius 1 is 1.03 bits per heavy atom. The lowest BCUT2D eigenvalue weighted by Crippen LogP contribution is -2.47. The normalized spacial score (nSPS) is 19.5. The molecular formula is C26H33ClN4S. The number of benzene rings is 1. The number of hydrogen-bond donors (Lipinski definition) is 0. The molecule has 4 nitrogen and oxygen atoms in total. The number of thiophene rings is 1. The molecule has 1 aliphatic carbocycles. The fraction of sp³-hybridized carbons (Fsp3) is 0.538. The first-order chi connectivity index (χ1) is 15.2. The van der Waals surface area contributed by atoms with Gasteiger partial charge < -0.3 is 9.80 Å². The Morgan fingerprint density at radius 3 is 2.47 bits per heavy atom. The first kappa shape index (κ1) is 22.0. The van der Waals surface area contributed by atoms with Gasteiger partial charge in [0.15, 0.2) is 0 Å². The number of aromatic nitrogens is 2. The summed E-state index contributed by atoms with van der Waals surface area (Å²) in [6, 6.07) is 6.61. The zero-order valence-corrected chi connectivity index (χ0v) is 21.4. The van der Waals surface area contributed by atoms with Gasteiger partial charge in [0.2, 0.25) is 5.28 Å². The Morgan fingerprint density at radius 2 is 1.75 bits per heavy atom. The number of hydrogen-bond acceptors (Lipinski definition) is 5. The summed E-state index contributed by atoms with van der Waals surface area (Å²) in [7, 11) is 0. The lowest BCUT2D eigenvalue weighted by atomic mass is 9.72. The number of aryl methyl sites for hydroxylation is 2. The Hall–Kier alpha value is -1.85. The van der Waals surface area contributed by atoms with E-state index in [1.165, 1.54) is 39.1 Å². The summed E-state index contributed by atoms with van der Waals surface area (Å²) in [5, 5.41) is 1.64. The minimum absolute atomic E-state index is 0.338. The molecule has 0 radical (unpaired) electrons. The van der Waals surface area contributed by atoms with Crippen LogP contribution in [0.3, 0.4) is 0 Å². The smallest absolute Gasteiger partial charge is 0.225 e. The van der Waals surface area contributed by atoms with E-state index in [2.05, 4.69) is 67.6 Å². The minimum atomic E-state index is 0.338. The van der Waals surface area contributed by atoms with Crippen molar-refractivity contribution in [2.75, 3.05) is 36.0 Å². The van der Waals surface area contributed by atoms with Gasteiger partial charge in [-0.1, -0.05) is 32.9 Å². The van der Waals surface area contributed by atoms with E-state index in [9.17, 15) is 0 Å². The van der Waals surface area contributed by atoms with Crippen LogP contribution in [-0.4, -0.2) is 36.1 Å². The van der Waals surface area contributed by atoms with Gasteiger partial charge in [-0.3, -0.25) is 0 Å². The summed E-state index contributed by atoms with van der Waals surface area (Å²) in [5.74, 6) is 1.77. The van der Waals surface area contributed by atoms with Crippen LogP contribution in [0, 0.1) is 25.2 Å². The molecule has 32 heavy (non-hydrogen) atoms.